The minimum Gasteiger partial charge on any atom is -0.205 e. The Morgan fingerprint density at radius 2 is 2.50 bits per heavy atom. The highest BCUT2D eigenvalue weighted by Crippen LogP contribution is 2.21. The van der Waals surface area contributed by atoms with Crippen LogP contribution in [-0.4, -0.2) is 9.96 Å². The molecule has 1 aliphatic heterocycles. The lowest BCUT2D eigenvalue weighted by atomic mass is 10.1. The van der Waals surface area contributed by atoms with Crippen molar-refractivity contribution < 1.29 is 4.21 Å². The first-order chi connectivity index (χ1) is 5.92. The summed E-state index contributed by atoms with van der Waals surface area (Å²) in [6.07, 6.45) is 2.28. The zero-order valence-corrected chi connectivity index (χ0v) is 8.21. The molecule has 0 bridgehead atoms. The molecular weight excluding hydrogens is 188 g/mol. The molecule has 1 aliphatic rings. The van der Waals surface area contributed by atoms with Crippen LogP contribution in [0.2, 0.25) is 0 Å². The second-order valence-electron chi connectivity index (χ2n) is 2.75. The molecular formula is C9H9OS2. The average Bonchev–Trinajstić information content (AvgIpc) is 2.17. The number of hydrogen-bond acceptors (Lipinski definition) is 1. The summed E-state index contributed by atoms with van der Waals surface area (Å²) in [7, 11) is 0.614. The summed E-state index contributed by atoms with van der Waals surface area (Å²) in [6.45, 7) is 0. The Morgan fingerprint density at radius 1 is 1.58 bits per heavy atom. The lowest BCUT2D eigenvalue weighted by Crippen LogP contribution is -2.09. The smallest absolute Gasteiger partial charge is 0.125 e. The van der Waals surface area contributed by atoms with E-state index in [9.17, 15) is 4.21 Å². The average molecular weight is 197 g/mol. The number of fused-ring (bicyclic) bond motifs is 1. The molecule has 1 atom stereocenters. The van der Waals surface area contributed by atoms with E-state index in [1.807, 2.05) is 12.1 Å². The maximum absolute atomic E-state index is 10.8. The van der Waals surface area contributed by atoms with Gasteiger partial charge in [0.05, 0.1) is 0 Å². The summed E-state index contributed by atoms with van der Waals surface area (Å²) in [5.41, 5.74) is 1.33. The van der Waals surface area contributed by atoms with Gasteiger partial charge in [0.15, 0.2) is 0 Å². The quantitative estimate of drug-likeness (QED) is 0.616. The van der Waals surface area contributed by atoms with Crippen molar-refractivity contribution in [2.75, 3.05) is 5.75 Å². The molecule has 1 radical (unpaired) electrons. The first-order valence-corrected chi connectivity index (χ1v) is 6.58. The van der Waals surface area contributed by atoms with Crippen LogP contribution in [0.5, 0.6) is 0 Å². The van der Waals surface area contributed by atoms with Crippen molar-refractivity contribution in [3.8, 4) is 0 Å². The van der Waals surface area contributed by atoms with Crippen molar-refractivity contribution >= 4 is 19.7 Å². The standard InChI is InChI=1S/C9H9OS2/c10-11-12-7-3-5-8-4-1-2-6-9(8)12/h1-2,4H,3,5,7H2. The molecule has 0 N–H and O–H groups in total. The Morgan fingerprint density at radius 3 is 3.33 bits per heavy atom. The first kappa shape index (κ1) is 8.20. The molecule has 0 aromatic heterocycles. The molecule has 1 aromatic rings. The predicted octanol–water partition coefficient (Wildman–Crippen LogP) is 1.54. The van der Waals surface area contributed by atoms with Crippen LogP contribution in [0.15, 0.2) is 23.1 Å². The highest BCUT2D eigenvalue weighted by atomic mass is 32.8. The lowest BCUT2D eigenvalue weighted by molar-refractivity contribution is 0.701. The van der Waals surface area contributed by atoms with Crippen molar-refractivity contribution in [1.29, 1.82) is 0 Å². The Labute approximate surface area is 77.5 Å². The van der Waals surface area contributed by atoms with E-state index in [1.54, 1.807) is 0 Å². The van der Waals surface area contributed by atoms with Gasteiger partial charge >= 0.3 is 0 Å². The molecule has 1 unspecified atom stereocenters. The Hall–Kier alpha value is -0.410. The fourth-order valence-electron chi connectivity index (χ4n) is 1.43. The lowest BCUT2D eigenvalue weighted by Gasteiger charge is -2.15. The molecule has 63 valence electrons. The summed E-state index contributed by atoms with van der Waals surface area (Å²) in [4.78, 5) is 1.17. The monoisotopic (exact) mass is 197 g/mol. The summed E-state index contributed by atoms with van der Waals surface area (Å²) < 4.78 is 10.8. The third kappa shape index (κ3) is 1.39. The van der Waals surface area contributed by atoms with Crippen LogP contribution in [0, 0.1) is 6.07 Å². The van der Waals surface area contributed by atoms with E-state index in [-0.39, 0.29) is 9.45 Å². The molecule has 0 saturated heterocycles. The molecule has 1 nitrogen and oxygen atoms in total. The molecule has 2 rings (SSSR count). The summed E-state index contributed by atoms with van der Waals surface area (Å²) >= 11 is 0. The van der Waals surface area contributed by atoms with E-state index in [0.29, 0.717) is 0 Å². The minimum atomic E-state index is -0.121. The van der Waals surface area contributed by atoms with Gasteiger partial charge < -0.3 is 0 Å². The summed E-state index contributed by atoms with van der Waals surface area (Å²) in [5, 5.41) is 0. The van der Waals surface area contributed by atoms with E-state index < -0.39 is 0 Å². The first-order valence-electron chi connectivity index (χ1n) is 3.92. The van der Waals surface area contributed by atoms with Crippen LogP contribution in [0.25, 0.3) is 0 Å². The Kier molecular flexibility index (Phi) is 2.42. The third-order valence-corrected chi connectivity index (χ3v) is 5.14. The van der Waals surface area contributed by atoms with Gasteiger partial charge in [-0.1, -0.05) is 27.7 Å². The highest BCUT2D eigenvalue weighted by molar-refractivity contribution is 8.31. The maximum atomic E-state index is 10.8. The van der Waals surface area contributed by atoms with Gasteiger partial charge in [-0.25, -0.2) is 4.21 Å². The van der Waals surface area contributed by atoms with Gasteiger partial charge in [-0.05, 0) is 24.5 Å². The number of hydrogen-bond donors (Lipinski definition) is 0. The van der Waals surface area contributed by atoms with Crippen LogP contribution in [0.1, 0.15) is 12.0 Å². The van der Waals surface area contributed by atoms with Gasteiger partial charge in [0.25, 0.3) is 0 Å². The van der Waals surface area contributed by atoms with Gasteiger partial charge in [0.1, 0.15) is 10.2 Å². The molecule has 0 saturated carbocycles. The molecule has 12 heavy (non-hydrogen) atoms. The minimum absolute atomic E-state index is 0.121. The topological polar surface area (TPSA) is 17.1 Å². The highest BCUT2D eigenvalue weighted by Gasteiger charge is 2.12. The molecule has 1 heterocycles. The van der Waals surface area contributed by atoms with Crippen molar-refractivity contribution in [2.45, 2.75) is 17.7 Å². The van der Waals surface area contributed by atoms with Crippen molar-refractivity contribution in [2.24, 2.45) is 0 Å². The predicted molar refractivity (Wildman–Crippen MR) is 52.2 cm³/mol. The van der Waals surface area contributed by atoms with Gasteiger partial charge in [-0.15, -0.1) is 0 Å². The normalized spacial score (nSPS) is 21.5. The molecule has 0 spiro atoms. The van der Waals surface area contributed by atoms with E-state index in [0.717, 1.165) is 28.8 Å². The van der Waals surface area contributed by atoms with Gasteiger partial charge in [-0.3, -0.25) is 0 Å². The Balaban J connectivity index is 2.58. The van der Waals surface area contributed by atoms with E-state index in [4.69, 9.17) is 0 Å². The van der Waals surface area contributed by atoms with Crippen LogP contribution in [0.4, 0.5) is 0 Å². The second kappa shape index (κ2) is 3.54. The van der Waals surface area contributed by atoms with Gasteiger partial charge in [0.2, 0.25) is 0 Å². The Bertz CT molecular complexity index is 353. The molecule has 0 fully saturated rings. The van der Waals surface area contributed by atoms with Gasteiger partial charge in [0, 0.05) is 10.6 Å². The van der Waals surface area contributed by atoms with Crippen LogP contribution >= 0.6 is 0 Å². The fourth-order valence-corrected chi connectivity index (χ4v) is 4.07. The SMILES string of the molecule is O=S=S1CCCc2ccc[c]c21. The van der Waals surface area contributed by atoms with E-state index in [2.05, 4.69) is 12.1 Å². The molecule has 3 heteroatoms. The van der Waals surface area contributed by atoms with E-state index in [1.165, 1.54) is 10.5 Å². The van der Waals surface area contributed by atoms with Crippen LogP contribution in [0.3, 0.4) is 0 Å². The number of rotatable bonds is 0. The zero-order chi connectivity index (χ0) is 8.39. The number of benzene rings is 1. The summed E-state index contributed by atoms with van der Waals surface area (Å²) in [6, 6.07) is 9.20. The fraction of sp³-hybridized carbons (Fsp3) is 0.333. The van der Waals surface area contributed by atoms with Crippen LogP contribution in [-0.2, 0) is 26.1 Å². The van der Waals surface area contributed by atoms with Gasteiger partial charge in [-0.2, -0.15) is 0 Å². The summed E-state index contributed by atoms with van der Waals surface area (Å²) in [5.74, 6) is 1.04. The molecule has 0 aliphatic carbocycles. The van der Waals surface area contributed by atoms with Crippen molar-refractivity contribution in [3.05, 3.63) is 29.8 Å². The van der Waals surface area contributed by atoms with Crippen molar-refractivity contribution in [3.63, 3.8) is 0 Å². The zero-order valence-electron chi connectivity index (χ0n) is 6.58. The number of aryl methyl sites for hydroxylation is 1. The van der Waals surface area contributed by atoms with Crippen LogP contribution < -0.4 is 0 Å². The second-order valence-corrected chi connectivity index (χ2v) is 6.00. The largest absolute Gasteiger partial charge is 0.205 e. The molecule has 0 amide bonds. The maximum Gasteiger partial charge on any atom is 0.125 e. The third-order valence-electron chi connectivity index (χ3n) is 1.99. The van der Waals surface area contributed by atoms with E-state index >= 15 is 0 Å². The van der Waals surface area contributed by atoms with Crippen molar-refractivity contribution in [1.82, 2.24) is 0 Å². The molecule has 1 aromatic carbocycles.